The lowest BCUT2D eigenvalue weighted by atomic mass is 9.76. The summed E-state index contributed by atoms with van der Waals surface area (Å²) in [7, 11) is -1.88. The quantitative estimate of drug-likeness (QED) is 0.0890. The molecule has 14 heteroatoms. The van der Waals surface area contributed by atoms with Gasteiger partial charge in [-0.1, -0.05) is 83.9 Å². The zero-order valence-electron chi connectivity index (χ0n) is 42.2. The van der Waals surface area contributed by atoms with Crippen LogP contribution >= 0.6 is 0 Å². The van der Waals surface area contributed by atoms with Gasteiger partial charge in [-0.25, -0.2) is 9.97 Å². The van der Waals surface area contributed by atoms with E-state index in [1.165, 1.54) is 11.1 Å². The minimum Gasteiger partial charge on any atom is -0.441 e. The summed E-state index contributed by atoms with van der Waals surface area (Å²) < 4.78 is 49.5. The number of aromatic nitrogens is 2. The number of aryl methyl sites for hydroxylation is 4. The van der Waals surface area contributed by atoms with Crippen LogP contribution in [0.25, 0.3) is 22.9 Å². The summed E-state index contributed by atoms with van der Waals surface area (Å²) in [5, 5.41) is 19.1. The molecule has 370 valence electrons. The lowest BCUT2D eigenvalue weighted by molar-refractivity contribution is -0.0563. The zero-order chi connectivity index (χ0) is 49.4. The Bertz CT molecular complexity index is 2630. The Morgan fingerprint density at radius 3 is 1.46 bits per heavy atom. The van der Waals surface area contributed by atoms with Gasteiger partial charge in [0.2, 0.25) is 11.8 Å². The smallest absolute Gasteiger partial charge is 0.441 e. The third-order valence-electron chi connectivity index (χ3n) is 14.2. The van der Waals surface area contributed by atoms with Crippen molar-refractivity contribution in [2.75, 3.05) is 0 Å². The summed E-state index contributed by atoms with van der Waals surface area (Å²) in [5.41, 5.74) is 8.70. The fraction of sp³-hybridized carbons (Fsp3) is 0.464. The van der Waals surface area contributed by atoms with Crippen molar-refractivity contribution in [2.45, 2.75) is 169 Å². The van der Waals surface area contributed by atoms with Crippen molar-refractivity contribution in [3.8, 4) is 22.9 Å². The van der Waals surface area contributed by atoms with E-state index in [0.29, 0.717) is 43.7 Å². The van der Waals surface area contributed by atoms with Crippen molar-refractivity contribution in [3.63, 3.8) is 0 Å². The van der Waals surface area contributed by atoms with Crippen molar-refractivity contribution in [1.29, 1.82) is 0 Å². The van der Waals surface area contributed by atoms with Gasteiger partial charge in [0, 0.05) is 11.1 Å². The van der Waals surface area contributed by atoms with E-state index in [9.17, 15) is 10.0 Å². The first kappa shape index (κ1) is 51.5. The molecule has 2 N–H and O–H groups in total. The van der Waals surface area contributed by atoms with Gasteiger partial charge in [0.25, 0.3) is 0 Å². The average molecular weight is 953 g/mol. The predicted molar refractivity (Wildman–Crippen MR) is 272 cm³/mol. The fourth-order valence-corrected chi connectivity index (χ4v) is 9.33. The normalized spacial score (nSPS) is 20.8. The third kappa shape index (κ3) is 13.1. The molecule has 9 rings (SSSR count). The molecule has 6 aromatic rings. The Labute approximate surface area is 414 Å². The van der Waals surface area contributed by atoms with E-state index < -0.39 is 14.2 Å². The Balaban J connectivity index is 0.000000191. The van der Waals surface area contributed by atoms with Crippen LogP contribution in [0.2, 0.25) is 0 Å². The first-order chi connectivity index (χ1) is 33.6. The molecular formula is C56H70B2N2O10. The van der Waals surface area contributed by atoms with E-state index >= 15 is 0 Å². The second kappa shape index (κ2) is 23.1. The lowest BCUT2D eigenvalue weighted by Gasteiger charge is -2.32. The second-order valence-corrected chi connectivity index (χ2v) is 20.2. The van der Waals surface area contributed by atoms with Crippen LogP contribution in [0, 0.1) is 27.7 Å². The number of hydrogen-bond donors (Lipinski definition) is 2. The van der Waals surface area contributed by atoms with E-state index in [4.69, 9.17) is 42.1 Å². The van der Waals surface area contributed by atoms with Crippen molar-refractivity contribution in [3.05, 3.63) is 142 Å². The number of rotatable bonds is 16. The summed E-state index contributed by atoms with van der Waals surface area (Å²) in [6.07, 6.45) is 8.33. The van der Waals surface area contributed by atoms with Crippen LogP contribution in [0.1, 0.15) is 124 Å². The SMILES string of the molecule is Cc1cccc(-c2nc(CO[C@H]3CCC[C@@H](OCc4ccccc4B(O)O)C3)c(C)o2)c1.Cc1cccc(-c2nc(CO[C@H]3CCC[C@@H](OCc4ccccc4B4OC(C)(C)C(C)(C)O4)C3)c(C)o2)c1. The number of ether oxygens (including phenoxy) is 4. The highest BCUT2D eigenvalue weighted by molar-refractivity contribution is 6.62. The minimum atomic E-state index is -1.49. The summed E-state index contributed by atoms with van der Waals surface area (Å²) in [6, 6.07) is 31.8. The Kier molecular flexibility index (Phi) is 17.0. The summed E-state index contributed by atoms with van der Waals surface area (Å²) in [5.74, 6) is 2.86. The van der Waals surface area contributed by atoms with Gasteiger partial charge < -0.3 is 47.1 Å². The van der Waals surface area contributed by atoms with E-state index in [-0.39, 0.29) is 35.6 Å². The largest absolute Gasteiger partial charge is 0.495 e. The van der Waals surface area contributed by atoms with Crippen LogP contribution in [-0.4, -0.2) is 69.9 Å². The third-order valence-corrected chi connectivity index (χ3v) is 14.2. The molecule has 1 saturated heterocycles. The van der Waals surface area contributed by atoms with Crippen molar-refractivity contribution in [1.82, 2.24) is 9.97 Å². The molecule has 2 saturated carbocycles. The first-order valence-corrected chi connectivity index (χ1v) is 25.0. The first-order valence-electron chi connectivity index (χ1n) is 25.0. The van der Waals surface area contributed by atoms with Gasteiger partial charge in [-0.3, -0.25) is 0 Å². The molecule has 3 heterocycles. The molecule has 3 aliphatic rings. The van der Waals surface area contributed by atoms with Crippen LogP contribution in [0.3, 0.4) is 0 Å². The fourth-order valence-electron chi connectivity index (χ4n) is 9.33. The van der Waals surface area contributed by atoms with E-state index in [1.807, 2.05) is 62.4 Å². The van der Waals surface area contributed by atoms with Crippen LogP contribution in [0.15, 0.2) is 106 Å². The van der Waals surface area contributed by atoms with Crippen LogP contribution < -0.4 is 10.9 Å². The maximum Gasteiger partial charge on any atom is 0.495 e. The molecule has 2 aromatic heterocycles. The topological polar surface area (TPSA) is 148 Å². The van der Waals surface area contributed by atoms with Gasteiger partial charge >= 0.3 is 14.2 Å². The molecule has 70 heavy (non-hydrogen) atoms. The van der Waals surface area contributed by atoms with Crippen molar-refractivity contribution >= 4 is 25.2 Å². The highest BCUT2D eigenvalue weighted by Gasteiger charge is 2.52. The van der Waals surface area contributed by atoms with Crippen molar-refractivity contribution in [2.24, 2.45) is 0 Å². The van der Waals surface area contributed by atoms with Crippen LogP contribution in [0.5, 0.6) is 0 Å². The number of nitrogens with zero attached hydrogens (tertiary/aromatic N) is 2. The highest BCUT2D eigenvalue weighted by atomic mass is 16.7. The molecule has 0 bridgehead atoms. The Morgan fingerprint density at radius 2 is 0.986 bits per heavy atom. The van der Waals surface area contributed by atoms with Gasteiger partial charge in [0.1, 0.15) is 22.9 Å². The van der Waals surface area contributed by atoms with Crippen molar-refractivity contribution < 1.29 is 47.1 Å². The molecule has 0 spiro atoms. The van der Waals surface area contributed by atoms with Gasteiger partial charge in [-0.2, -0.15) is 0 Å². The summed E-state index contributed by atoms with van der Waals surface area (Å²) >= 11 is 0. The lowest BCUT2D eigenvalue weighted by Crippen LogP contribution is -2.41. The predicted octanol–water partition coefficient (Wildman–Crippen LogP) is 9.99. The standard InChI is InChI=1S/C31H40BNO5.C25H30BNO5/c1-21-11-9-13-23(17-21)29-33-28(22(2)36-29)20-35-26-15-10-14-25(18-26)34-19-24-12-7-8-16-27(24)32-37-30(3,4)31(5,6)38-32;1-17-7-5-9-19(13-17)25-27-24(18(2)32-25)16-31-22-11-6-10-21(14-22)30-15-20-8-3-4-12-23(20)26(28)29/h7-9,11-13,16-17,25-26H,10,14-15,18-20H2,1-6H3;3-5,7-9,12-13,21-22,28-29H,6,10-11,14-16H2,1-2H3/t25-,26+;21-,22+/m11/s1. The highest BCUT2D eigenvalue weighted by Crippen LogP contribution is 2.37. The molecule has 4 aromatic carbocycles. The van der Waals surface area contributed by atoms with Gasteiger partial charge in [0.15, 0.2) is 0 Å². The minimum absolute atomic E-state index is 0.0823. The Hall–Kier alpha value is -4.89. The maximum absolute atomic E-state index is 9.54. The molecular weight excluding hydrogens is 882 g/mol. The number of oxazole rings is 2. The monoisotopic (exact) mass is 953 g/mol. The molecule has 1 aliphatic heterocycles. The Morgan fingerprint density at radius 1 is 0.557 bits per heavy atom. The second-order valence-electron chi connectivity index (χ2n) is 20.2. The number of hydrogen-bond acceptors (Lipinski definition) is 12. The molecule has 2 aliphatic carbocycles. The molecule has 0 unspecified atom stereocenters. The van der Waals surface area contributed by atoms with Gasteiger partial charge in [-0.05, 0) is 153 Å². The molecule has 4 atom stereocenters. The molecule has 12 nitrogen and oxygen atoms in total. The zero-order valence-corrected chi connectivity index (χ0v) is 42.2. The molecule has 0 radical (unpaired) electrons. The molecule has 0 amide bonds. The summed E-state index contributed by atoms with van der Waals surface area (Å²) in [4.78, 5) is 9.38. The molecule has 3 fully saturated rings. The number of benzene rings is 4. The van der Waals surface area contributed by atoms with Gasteiger partial charge in [-0.15, -0.1) is 0 Å². The van der Waals surface area contributed by atoms with Gasteiger partial charge in [0.05, 0.1) is 62.0 Å². The van der Waals surface area contributed by atoms with E-state index in [1.54, 1.807) is 12.1 Å². The van der Waals surface area contributed by atoms with E-state index in [2.05, 4.69) is 82.9 Å². The van der Waals surface area contributed by atoms with Crippen LogP contribution in [0.4, 0.5) is 0 Å². The average Bonchev–Trinajstić information content (AvgIpc) is 3.99. The maximum atomic E-state index is 9.54. The van der Waals surface area contributed by atoms with Crippen LogP contribution in [-0.2, 0) is 54.7 Å². The van der Waals surface area contributed by atoms with E-state index in [0.717, 1.165) is 102 Å². The summed E-state index contributed by atoms with van der Waals surface area (Å²) in [6.45, 7) is 18.1.